The Kier molecular flexibility index (Phi) is 5.21. The summed E-state index contributed by atoms with van der Waals surface area (Å²) < 4.78 is 4.59. The molecule has 92 valence electrons. The fourth-order valence-corrected chi connectivity index (χ4v) is 1.60. The van der Waals surface area contributed by atoms with Crippen molar-refractivity contribution in [1.29, 1.82) is 0 Å². The molecule has 2 N–H and O–H groups in total. The van der Waals surface area contributed by atoms with E-state index in [0.29, 0.717) is 25.9 Å². The van der Waals surface area contributed by atoms with Crippen LogP contribution in [-0.2, 0) is 9.53 Å². The fourth-order valence-electron chi connectivity index (χ4n) is 1.60. The zero-order valence-electron chi connectivity index (χ0n) is 9.44. The standard InChI is InChI=1S/C10H18N2O4/c1-2-16-10(15)11-9(14)7-12-5-3-8(13)4-6-12/h8,13H,2-7H2,1H3,(H,11,14,15). The molecule has 0 bridgehead atoms. The Morgan fingerprint density at radius 3 is 2.62 bits per heavy atom. The maximum absolute atomic E-state index is 11.4. The van der Waals surface area contributed by atoms with Crippen LogP contribution in [-0.4, -0.2) is 54.4 Å². The van der Waals surface area contributed by atoms with Crippen molar-refractivity contribution in [2.24, 2.45) is 0 Å². The fraction of sp³-hybridized carbons (Fsp3) is 0.800. The zero-order chi connectivity index (χ0) is 12.0. The molecule has 1 fully saturated rings. The molecule has 0 aromatic carbocycles. The van der Waals surface area contributed by atoms with Gasteiger partial charge >= 0.3 is 6.09 Å². The lowest BCUT2D eigenvalue weighted by Crippen LogP contribution is -2.44. The Bertz CT molecular complexity index is 249. The molecule has 0 saturated carbocycles. The van der Waals surface area contributed by atoms with Crippen molar-refractivity contribution in [3.63, 3.8) is 0 Å². The number of ether oxygens (including phenoxy) is 1. The third-order valence-corrected chi connectivity index (χ3v) is 2.44. The van der Waals surface area contributed by atoms with E-state index in [9.17, 15) is 14.7 Å². The van der Waals surface area contributed by atoms with E-state index >= 15 is 0 Å². The number of aliphatic hydroxyl groups is 1. The largest absolute Gasteiger partial charge is 0.450 e. The lowest BCUT2D eigenvalue weighted by atomic mass is 10.1. The number of hydrogen-bond acceptors (Lipinski definition) is 5. The Labute approximate surface area is 94.6 Å². The van der Waals surface area contributed by atoms with E-state index < -0.39 is 6.09 Å². The number of nitrogens with one attached hydrogen (secondary N) is 1. The van der Waals surface area contributed by atoms with Gasteiger partial charge in [0.15, 0.2) is 0 Å². The molecule has 0 atom stereocenters. The summed E-state index contributed by atoms with van der Waals surface area (Å²) >= 11 is 0. The molecule has 2 amide bonds. The lowest BCUT2D eigenvalue weighted by molar-refractivity contribution is -0.122. The Morgan fingerprint density at radius 1 is 1.44 bits per heavy atom. The summed E-state index contributed by atoms with van der Waals surface area (Å²) in [6.07, 6.45) is 0.383. The van der Waals surface area contributed by atoms with E-state index in [4.69, 9.17) is 0 Å². The Morgan fingerprint density at radius 2 is 2.06 bits per heavy atom. The average Bonchev–Trinajstić information content (AvgIpc) is 2.21. The van der Waals surface area contributed by atoms with Gasteiger partial charge in [-0.25, -0.2) is 4.79 Å². The molecular formula is C10H18N2O4. The summed E-state index contributed by atoms with van der Waals surface area (Å²) in [5.41, 5.74) is 0. The minimum atomic E-state index is -0.704. The maximum atomic E-state index is 11.4. The van der Waals surface area contributed by atoms with Crippen molar-refractivity contribution in [3.05, 3.63) is 0 Å². The zero-order valence-corrected chi connectivity index (χ0v) is 9.44. The van der Waals surface area contributed by atoms with E-state index in [-0.39, 0.29) is 25.2 Å². The molecule has 1 rings (SSSR count). The topological polar surface area (TPSA) is 78.9 Å². The van der Waals surface area contributed by atoms with Crippen LogP contribution in [0.4, 0.5) is 4.79 Å². The van der Waals surface area contributed by atoms with Crippen molar-refractivity contribution in [1.82, 2.24) is 10.2 Å². The van der Waals surface area contributed by atoms with Gasteiger partial charge in [-0.15, -0.1) is 0 Å². The first-order valence-corrected chi connectivity index (χ1v) is 5.49. The van der Waals surface area contributed by atoms with Gasteiger partial charge in [-0.3, -0.25) is 15.0 Å². The number of nitrogens with zero attached hydrogens (tertiary/aromatic N) is 1. The Balaban J connectivity index is 2.21. The number of aliphatic hydroxyl groups excluding tert-OH is 1. The maximum Gasteiger partial charge on any atom is 0.413 e. The summed E-state index contributed by atoms with van der Waals surface area (Å²) in [7, 11) is 0. The molecule has 0 aromatic heterocycles. The van der Waals surface area contributed by atoms with Gasteiger partial charge in [0.05, 0.1) is 19.3 Å². The molecular weight excluding hydrogens is 212 g/mol. The van der Waals surface area contributed by atoms with Crippen LogP contribution in [0.2, 0.25) is 0 Å². The number of piperidine rings is 1. The number of likely N-dealkylation sites (tertiary alicyclic amines) is 1. The summed E-state index contributed by atoms with van der Waals surface area (Å²) in [5, 5.41) is 11.4. The summed E-state index contributed by atoms with van der Waals surface area (Å²) in [6.45, 7) is 3.45. The molecule has 1 heterocycles. The van der Waals surface area contributed by atoms with E-state index in [1.807, 2.05) is 4.90 Å². The van der Waals surface area contributed by atoms with Crippen molar-refractivity contribution in [2.75, 3.05) is 26.2 Å². The average molecular weight is 230 g/mol. The minimum Gasteiger partial charge on any atom is -0.450 e. The second kappa shape index (κ2) is 6.44. The smallest absolute Gasteiger partial charge is 0.413 e. The summed E-state index contributed by atoms with van der Waals surface area (Å²) in [6, 6.07) is 0. The van der Waals surface area contributed by atoms with Crippen LogP contribution in [0.1, 0.15) is 19.8 Å². The van der Waals surface area contributed by atoms with E-state index in [1.54, 1.807) is 6.92 Å². The number of rotatable bonds is 3. The minimum absolute atomic E-state index is 0.172. The third kappa shape index (κ3) is 4.59. The summed E-state index contributed by atoms with van der Waals surface area (Å²) in [5.74, 6) is -0.366. The first kappa shape index (κ1) is 12.9. The third-order valence-electron chi connectivity index (χ3n) is 2.44. The van der Waals surface area contributed by atoms with Crippen molar-refractivity contribution in [3.8, 4) is 0 Å². The van der Waals surface area contributed by atoms with Crippen LogP contribution in [0.15, 0.2) is 0 Å². The van der Waals surface area contributed by atoms with Crippen molar-refractivity contribution < 1.29 is 19.4 Å². The van der Waals surface area contributed by atoms with Gasteiger partial charge in [-0.05, 0) is 19.8 Å². The molecule has 1 aliphatic heterocycles. The number of amides is 2. The Hall–Kier alpha value is -1.14. The van der Waals surface area contributed by atoms with Gasteiger partial charge < -0.3 is 9.84 Å². The molecule has 16 heavy (non-hydrogen) atoms. The summed E-state index contributed by atoms with van der Waals surface area (Å²) in [4.78, 5) is 24.2. The van der Waals surface area contributed by atoms with Crippen LogP contribution >= 0.6 is 0 Å². The SMILES string of the molecule is CCOC(=O)NC(=O)CN1CCC(O)CC1. The van der Waals surface area contributed by atoms with Gasteiger partial charge in [0.1, 0.15) is 0 Å². The van der Waals surface area contributed by atoms with Crippen molar-refractivity contribution >= 4 is 12.0 Å². The van der Waals surface area contributed by atoms with Crippen LogP contribution in [0, 0.1) is 0 Å². The molecule has 0 radical (unpaired) electrons. The number of hydrogen-bond donors (Lipinski definition) is 2. The predicted molar refractivity (Wildman–Crippen MR) is 56.8 cm³/mol. The number of carbonyl (C=O) groups excluding carboxylic acids is 2. The molecule has 0 unspecified atom stereocenters. The monoisotopic (exact) mass is 230 g/mol. The molecule has 6 heteroatoms. The molecule has 1 saturated heterocycles. The van der Waals surface area contributed by atoms with Crippen molar-refractivity contribution in [2.45, 2.75) is 25.9 Å². The van der Waals surface area contributed by atoms with E-state index in [1.165, 1.54) is 0 Å². The van der Waals surface area contributed by atoms with Gasteiger partial charge in [0.25, 0.3) is 0 Å². The van der Waals surface area contributed by atoms with Crippen LogP contribution in [0.5, 0.6) is 0 Å². The quantitative estimate of drug-likeness (QED) is 0.697. The molecule has 0 aromatic rings. The van der Waals surface area contributed by atoms with Crippen LogP contribution < -0.4 is 5.32 Å². The normalized spacial score (nSPS) is 18.1. The highest BCUT2D eigenvalue weighted by Crippen LogP contribution is 2.08. The van der Waals surface area contributed by atoms with E-state index in [2.05, 4.69) is 10.1 Å². The first-order valence-electron chi connectivity index (χ1n) is 5.49. The second-order valence-corrected chi connectivity index (χ2v) is 3.78. The lowest BCUT2D eigenvalue weighted by Gasteiger charge is -2.28. The molecule has 1 aliphatic rings. The van der Waals surface area contributed by atoms with Gasteiger partial charge in [0.2, 0.25) is 5.91 Å². The molecule has 0 aliphatic carbocycles. The molecule has 6 nitrogen and oxygen atoms in total. The highest BCUT2D eigenvalue weighted by Gasteiger charge is 2.19. The number of imide groups is 1. The van der Waals surface area contributed by atoms with Gasteiger partial charge in [0, 0.05) is 13.1 Å². The highest BCUT2D eigenvalue weighted by molar-refractivity contribution is 5.92. The molecule has 0 spiro atoms. The first-order chi connectivity index (χ1) is 7.61. The predicted octanol–water partition coefficient (Wildman–Crippen LogP) is -0.284. The van der Waals surface area contributed by atoms with Crippen LogP contribution in [0.3, 0.4) is 0 Å². The second-order valence-electron chi connectivity index (χ2n) is 3.78. The van der Waals surface area contributed by atoms with Gasteiger partial charge in [-0.2, -0.15) is 0 Å². The highest BCUT2D eigenvalue weighted by atomic mass is 16.5. The number of alkyl carbamates (subject to hydrolysis) is 1. The van der Waals surface area contributed by atoms with E-state index in [0.717, 1.165) is 0 Å². The number of carbonyl (C=O) groups is 2. The van der Waals surface area contributed by atoms with Gasteiger partial charge in [-0.1, -0.05) is 0 Å². The van der Waals surface area contributed by atoms with Crippen LogP contribution in [0.25, 0.3) is 0 Å².